The molecule has 1 aliphatic rings. The lowest BCUT2D eigenvalue weighted by Gasteiger charge is -2.30. The first-order valence-corrected chi connectivity index (χ1v) is 8.42. The maximum Gasteiger partial charge on any atom is 0.221 e. The van der Waals surface area contributed by atoms with Crippen LogP contribution in [0.25, 0.3) is 0 Å². The third kappa shape index (κ3) is 5.98. The minimum atomic E-state index is -0.0820. The topological polar surface area (TPSA) is 65.5 Å². The van der Waals surface area contributed by atoms with Crippen molar-refractivity contribution < 1.29 is 4.79 Å². The van der Waals surface area contributed by atoms with Crippen LogP contribution in [0.4, 0.5) is 5.69 Å². The van der Waals surface area contributed by atoms with Gasteiger partial charge in [0, 0.05) is 18.7 Å². The summed E-state index contributed by atoms with van der Waals surface area (Å²) < 4.78 is 0. The second-order valence-electron chi connectivity index (χ2n) is 6.01. The highest BCUT2D eigenvalue weighted by atomic mass is 32.1. The van der Waals surface area contributed by atoms with Gasteiger partial charge in [-0.3, -0.25) is 10.2 Å². The molecule has 0 aromatic heterocycles. The highest BCUT2D eigenvalue weighted by Gasteiger charge is 2.21. The number of hydrogen-bond donors (Lipinski definition) is 3. The van der Waals surface area contributed by atoms with Gasteiger partial charge >= 0.3 is 0 Å². The standard InChI is InChI=1S/C17H24N4OS/c1-12-5-3-4-6-16(12)20-17(23)21-18-11-14-7-9-15(10-8-14)19-13(2)22/h7-12,16H,3-6H2,1-2H3,(H,19,22)(H2,20,21,23)/b18-11-/t12-,16-/m0/s1. The number of rotatable bonds is 4. The summed E-state index contributed by atoms with van der Waals surface area (Å²) in [5.74, 6) is 0.565. The van der Waals surface area contributed by atoms with Crippen LogP contribution in [0.5, 0.6) is 0 Å². The Bertz CT molecular complexity index is 570. The van der Waals surface area contributed by atoms with Crippen LogP contribution in [0.15, 0.2) is 29.4 Å². The first kappa shape index (κ1) is 17.4. The van der Waals surface area contributed by atoms with E-state index in [4.69, 9.17) is 12.2 Å². The molecule has 1 aromatic rings. The molecule has 0 spiro atoms. The molecule has 1 amide bonds. The zero-order chi connectivity index (χ0) is 16.7. The second-order valence-corrected chi connectivity index (χ2v) is 6.42. The van der Waals surface area contributed by atoms with E-state index in [1.54, 1.807) is 6.21 Å². The number of carbonyl (C=O) groups is 1. The number of hydrazone groups is 1. The van der Waals surface area contributed by atoms with Crippen molar-refractivity contribution in [1.29, 1.82) is 0 Å². The van der Waals surface area contributed by atoms with Gasteiger partial charge in [-0.2, -0.15) is 5.10 Å². The van der Waals surface area contributed by atoms with Gasteiger partial charge in [0.1, 0.15) is 0 Å². The molecule has 124 valence electrons. The number of anilines is 1. The lowest BCUT2D eigenvalue weighted by atomic mass is 9.86. The molecule has 1 fully saturated rings. The zero-order valence-electron chi connectivity index (χ0n) is 13.6. The summed E-state index contributed by atoms with van der Waals surface area (Å²) in [6, 6.07) is 7.88. The van der Waals surface area contributed by atoms with Gasteiger partial charge in [0.2, 0.25) is 5.91 Å². The van der Waals surface area contributed by atoms with Crippen molar-refractivity contribution in [2.24, 2.45) is 11.0 Å². The molecule has 0 heterocycles. The van der Waals surface area contributed by atoms with E-state index in [0.717, 1.165) is 17.7 Å². The van der Waals surface area contributed by atoms with Gasteiger partial charge in [-0.15, -0.1) is 0 Å². The lowest BCUT2D eigenvalue weighted by Crippen LogP contribution is -2.44. The number of benzene rings is 1. The third-order valence-electron chi connectivity index (χ3n) is 4.04. The normalized spacial score (nSPS) is 21.0. The van der Waals surface area contributed by atoms with E-state index in [2.05, 4.69) is 28.1 Å². The Hall–Kier alpha value is -1.95. The van der Waals surface area contributed by atoms with Gasteiger partial charge in [-0.25, -0.2) is 0 Å². The van der Waals surface area contributed by atoms with Gasteiger partial charge < -0.3 is 10.6 Å². The summed E-state index contributed by atoms with van der Waals surface area (Å²) in [7, 11) is 0. The molecule has 2 rings (SSSR count). The van der Waals surface area contributed by atoms with E-state index in [-0.39, 0.29) is 5.91 Å². The predicted octanol–water partition coefficient (Wildman–Crippen LogP) is 3.02. The first-order chi connectivity index (χ1) is 11.0. The Balaban J connectivity index is 1.79. The number of nitrogens with zero attached hydrogens (tertiary/aromatic N) is 1. The van der Waals surface area contributed by atoms with Crippen LogP contribution in [0.1, 0.15) is 45.1 Å². The van der Waals surface area contributed by atoms with E-state index >= 15 is 0 Å². The quantitative estimate of drug-likeness (QED) is 0.450. The molecular formula is C17H24N4OS. The summed E-state index contributed by atoms with van der Waals surface area (Å²) in [5, 5.41) is 10.8. The molecular weight excluding hydrogens is 308 g/mol. The van der Waals surface area contributed by atoms with Crippen molar-refractivity contribution in [2.45, 2.75) is 45.6 Å². The number of amides is 1. The monoisotopic (exact) mass is 332 g/mol. The molecule has 1 saturated carbocycles. The molecule has 1 aromatic carbocycles. The van der Waals surface area contributed by atoms with Gasteiger partial charge in [0.05, 0.1) is 6.21 Å². The van der Waals surface area contributed by atoms with Crippen molar-refractivity contribution in [3.8, 4) is 0 Å². The Labute approximate surface area is 142 Å². The van der Waals surface area contributed by atoms with E-state index in [1.807, 2.05) is 24.3 Å². The third-order valence-corrected chi connectivity index (χ3v) is 4.25. The molecule has 0 unspecified atom stereocenters. The fourth-order valence-corrected chi connectivity index (χ4v) is 2.96. The molecule has 0 aliphatic heterocycles. The van der Waals surface area contributed by atoms with Gasteiger partial charge in [0.25, 0.3) is 0 Å². The van der Waals surface area contributed by atoms with Crippen molar-refractivity contribution >= 4 is 35.1 Å². The van der Waals surface area contributed by atoms with Gasteiger partial charge in [-0.05, 0) is 48.7 Å². The van der Waals surface area contributed by atoms with Crippen molar-refractivity contribution in [3.63, 3.8) is 0 Å². The predicted molar refractivity (Wildman–Crippen MR) is 98.6 cm³/mol. The SMILES string of the molecule is CC(=O)Nc1ccc(/C=N\NC(=S)N[C@H]2CCCC[C@@H]2C)cc1. The summed E-state index contributed by atoms with van der Waals surface area (Å²) in [6.07, 6.45) is 6.69. The molecule has 6 heteroatoms. The van der Waals surface area contributed by atoms with E-state index < -0.39 is 0 Å². The average molecular weight is 332 g/mol. The minimum absolute atomic E-state index is 0.0820. The maximum absolute atomic E-state index is 11.0. The van der Waals surface area contributed by atoms with E-state index in [9.17, 15) is 4.79 Å². The Morgan fingerprint density at radius 3 is 2.61 bits per heavy atom. The van der Waals surface area contributed by atoms with Gasteiger partial charge in [0.15, 0.2) is 5.11 Å². The van der Waals surface area contributed by atoms with Crippen molar-refractivity contribution in [3.05, 3.63) is 29.8 Å². The minimum Gasteiger partial charge on any atom is -0.358 e. The van der Waals surface area contributed by atoms with Crippen LogP contribution in [-0.2, 0) is 4.79 Å². The Kier molecular flexibility index (Phi) is 6.52. The van der Waals surface area contributed by atoms with Crippen LogP contribution in [-0.4, -0.2) is 23.3 Å². The second kappa shape index (κ2) is 8.62. The molecule has 3 N–H and O–H groups in total. The Morgan fingerprint density at radius 1 is 1.26 bits per heavy atom. The maximum atomic E-state index is 11.0. The molecule has 5 nitrogen and oxygen atoms in total. The molecule has 0 bridgehead atoms. The number of nitrogens with one attached hydrogen (secondary N) is 3. The average Bonchev–Trinajstić information content (AvgIpc) is 2.51. The highest BCUT2D eigenvalue weighted by molar-refractivity contribution is 7.80. The van der Waals surface area contributed by atoms with Gasteiger partial charge in [-0.1, -0.05) is 31.9 Å². The summed E-state index contributed by atoms with van der Waals surface area (Å²) in [4.78, 5) is 11.0. The Morgan fingerprint density at radius 2 is 1.96 bits per heavy atom. The summed E-state index contributed by atoms with van der Waals surface area (Å²) >= 11 is 5.29. The first-order valence-electron chi connectivity index (χ1n) is 8.02. The molecule has 23 heavy (non-hydrogen) atoms. The van der Waals surface area contributed by atoms with Crippen LogP contribution in [0.3, 0.4) is 0 Å². The van der Waals surface area contributed by atoms with Crippen molar-refractivity contribution in [1.82, 2.24) is 10.7 Å². The van der Waals surface area contributed by atoms with E-state index in [0.29, 0.717) is 17.1 Å². The number of hydrogen-bond acceptors (Lipinski definition) is 3. The summed E-state index contributed by atoms with van der Waals surface area (Å²) in [5.41, 5.74) is 4.57. The molecule has 0 radical (unpaired) electrons. The van der Waals surface area contributed by atoms with Crippen molar-refractivity contribution in [2.75, 3.05) is 5.32 Å². The molecule has 1 aliphatic carbocycles. The zero-order valence-corrected chi connectivity index (χ0v) is 14.5. The fraction of sp³-hybridized carbons (Fsp3) is 0.471. The smallest absolute Gasteiger partial charge is 0.221 e. The number of carbonyl (C=O) groups excluding carboxylic acids is 1. The summed E-state index contributed by atoms with van der Waals surface area (Å²) in [6.45, 7) is 3.75. The van der Waals surface area contributed by atoms with Crippen LogP contribution < -0.4 is 16.1 Å². The largest absolute Gasteiger partial charge is 0.358 e. The van der Waals surface area contributed by atoms with Crippen LogP contribution >= 0.6 is 12.2 Å². The lowest BCUT2D eigenvalue weighted by molar-refractivity contribution is -0.114. The van der Waals surface area contributed by atoms with Crippen LogP contribution in [0.2, 0.25) is 0 Å². The molecule has 2 atom stereocenters. The van der Waals surface area contributed by atoms with E-state index in [1.165, 1.54) is 26.2 Å². The van der Waals surface area contributed by atoms with Crippen LogP contribution in [0, 0.1) is 5.92 Å². The fourth-order valence-electron chi connectivity index (χ4n) is 2.75. The number of thiocarbonyl (C=S) groups is 1. The molecule has 0 saturated heterocycles. The highest BCUT2D eigenvalue weighted by Crippen LogP contribution is 2.23.